The lowest BCUT2D eigenvalue weighted by Gasteiger charge is -2.22. The first-order chi connectivity index (χ1) is 10.3. The van der Waals surface area contributed by atoms with Crippen LogP contribution in [0.25, 0.3) is 0 Å². The standard InChI is InChI=1S/C17H20N2O2/c20-10-2-4-15-3-1-9-18-16(15)17(21)19(11-13-5-6-13)12-14-7-8-14/h1,3,9,13-14,20H,5-8,10-12H2. The Bertz CT molecular complexity index is 566. The molecule has 2 saturated carbocycles. The maximum Gasteiger partial charge on any atom is 0.273 e. The van der Waals surface area contributed by atoms with Crippen LogP contribution < -0.4 is 0 Å². The first-order valence-corrected chi connectivity index (χ1v) is 7.62. The molecule has 2 aliphatic rings. The van der Waals surface area contributed by atoms with E-state index in [1.165, 1.54) is 25.7 Å². The molecule has 0 bridgehead atoms. The number of pyridine rings is 1. The van der Waals surface area contributed by atoms with E-state index in [0.29, 0.717) is 23.1 Å². The summed E-state index contributed by atoms with van der Waals surface area (Å²) in [5.74, 6) is 6.75. The molecule has 1 aromatic rings. The van der Waals surface area contributed by atoms with E-state index < -0.39 is 0 Å². The molecule has 1 amide bonds. The summed E-state index contributed by atoms with van der Waals surface area (Å²) < 4.78 is 0. The molecule has 0 aromatic carbocycles. The van der Waals surface area contributed by atoms with Gasteiger partial charge < -0.3 is 10.0 Å². The van der Waals surface area contributed by atoms with Crippen molar-refractivity contribution in [2.75, 3.05) is 19.7 Å². The van der Waals surface area contributed by atoms with E-state index in [1.54, 1.807) is 18.3 Å². The predicted octanol–water partition coefficient (Wildman–Crippen LogP) is 1.69. The van der Waals surface area contributed by atoms with Crippen molar-refractivity contribution in [3.63, 3.8) is 0 Å². The molecule has 21 heavy (non-hydrogen) atoms. The number of aliphatic hydroxyl groups excluding tert-OH is 1. The van der Waals surface area contributed by atoms with Crippen LogP contribution in [0.2, 0.25) is 0 Å². The molecule has 110 valence electrons. The number of aromatic nitrogens is 1. The van der Waals surface area contributed by atoms with Crippen molar-refractivity contribution in [2.45, 2.75) is 25.7 Å². The minimum absolute atomic E-state index is 0.0170. The molecule has 0 atom stereocenters. The number of nitrogens with zero attached hydrogens (tertiary/aromatic N) is 2. The number of amides is 1. The van der Waals surface area contributed by atoms with E-state index in [1.807, 2.05) is 4.90 Å². The Labute approximate surface area is 125 Å². The molecule has 0 spiro atoms. The monoisotopic (exact) mass is 284 g/mol. The van der Waals surface area contributed by atoms with Crippen molar-refractivity contribution < 1.29 is 9.90 Å². The molecule has 2 aliphatic carbocycles. The third-order valence-electron chi connectivity index (χ3n) is 3.95. The Morgan fingerprint density at radius 1 is 1.29 bits per heavy atom. The topological polar surface area (TPSA) is 53.4 Å². The van der Waals surface area contributed by atoms with Gasteiger partial charge in [-0.05, 0) is 49.7 Å². The number of hydrogen-bond acceptors (Lipinski definition) is 3. The molecular weight excluding hydrogens is 264 g/mol. The molecule has 1 heterocycles. The summed E-state index contributed by atoms with van der Waals surface area (Å²) in [7, 11) is 0. The summed E-state index contributed by atoms with van der Waals surface area (Å²) in [5, 5.41) is 8.83. The van der Waals surface area contributed by atoms with Crippen LogP contribution >= 0.6 is 0 Å². The van der Waals surface area contributed by atoms with E-state index >= 15 is 0 Å². The van der Waals surface area contributed by atoms with Gasteiger partial charge in [-0.25, -0.2) is 4.98 Å². The van der Waals surface area contributed by atoms with Crippen LogP contribution in [0.15, 0.2) is 18.3 Å². The van der Waals surface area contributed by atoms with Gasteiger partial charge in [0.1, 0.15) is 12.3 Å². The molecule has 2 fully saturated rings. The van der Waals surface area contributed by atoms with Gasteiger partial charge in [0, 0.05) is 19.3 Å². The Morgan fingerprint density at radius 3 is 2.52 bits per heavy atom. The second-order valence-electron chi connectivity index (χ2n) is 5.96. The summed E-state index contributed by atoms with van der Waals surface area (Å²) in [5.41, 5.74) is 1.02. The largest absolute Gasteiger partial charge is 0.384 e. The SMILES string of the molecule is O=C(c1ncccc1C#CCO)N(CC1CC1)CC1CC1. The van der Waals surface area contributed by atoms with Crippen LogP contribution in [0.3, 0.4) is 0 Å². The number of rotatable bonds is 5. The lowest BCUT2D eigenvalue weighted by molar-refractivity contribution is 0.0733. The zero-order chi connectivity index (χ0) is 14.7. The van der Waals surface area contributed by atoms with Gasteiger partial charge in [-0.15, -0.1) is 0 Å². The van der Waals surface area contributed by atoms with Crippen molar-refractivity contribution in [2.24, 2.45) is 11.8 Å². The second kappa shape index (κ2) is 6.28. The normalized spacial score (nSPS) is 17.0. The first-order valence-electron chi connectivity index (χ1n) is 7.62. The molecule has 0 aliphatic heterocycles. The number of hydrogen-bond donors (Lipinski definition) is 1. The maximum absolute atomic E-state index is 12.8. The van der Waals surface area contributed by atoms with Gasteiger partial charge in [0.2, 0.25) is 0 Å². The summed E-state index contributed by atoms with van der Waals surface area (Å²) in [6, 6.07) is 3.56. The summed E-state index contributed by atoms with van der Waals surface area (Å²) in [6.45, 7) is 1.48. The highest BCUT2D eigenvalue weighted by Crippen LogP contribution is 2.34. The minimum Gasteiger partial charge on any atom is -0.384 e. The van der Waals surface area contributed by atoms with E-state index in [9.17, 15) is 4.79 Å². The van der Waals surface area contributed by atoms with Crippen LogP contribution in [0.5, 0.6) is 0 Å². The Balaban J connectivity index is 1.80. The molecule has 4 heteroatoms. The smallest absolute Gasteiger partial charge is 0.273 e. The lowest BCUT2D eigenvalue weighted by Crippen LogP contribution is -2.35. The van der Waals surface area contributed by atoms with Crippen LogP contribution in [-0.2, 0) is 0 Å². The number of aliphatic hydroxyl groups is 1. The molecule has 3 rings (SSSR count). The zero-order valence-electron chi connectivity index (χ0n) is 12.1. The van der Waals surface area contributed by atoms with Crippen LogP contribution in [0.4, 0.5) is 0 Å². The lowest BCUT2D eigenvalue weighted by atomic mass is 10.1. The van der Waals surface area contributed by atoms with Crippen molar-refractivity contribution >= 4 is 5.91 Å². The fraction of sp³-hybridized carbons (Fsp3) is 0.529. The second-order valence-corrected chi connectivity index (χ2v) is 5.96. The van der Waals surface area contributed by atoms with Gasteiger partial charge in [-0.3, -0.25) is 4.79 Å². The molecule has 1 aromatic heterocycles. The zero-order valence-corrected chi connectivity index (χ0v) is 12.1. The van der Waals surface area contributed by atoms with Crippen molar-refractivity contribution in [3.8, 4) is 11.8 Å². The average molecular weight is 284 g/mol. The molecule has 1 N–H and O–H groups in total. The summed E-state index contributed by atoms with van der Waals surface area (Å²) in [4.78, 5) is 19.0. The van der Waals surface area contributed by atoms with Gasteiger partial charge in [0.05, 0.1) is 5.56 Å². The predicted molar refractivity (Wildman–Crippen MR) is 79.6 cm³/mol. The number of carbonyl (C=O) groups excluding carboxylic acids is 1. The maximum atomic E-state index is 12.8. The van der Waals surface area contributed by atoms with Crippen LogP contribution in [0.1, 0.15) is 41.7 Å². The third-order valence-corrected chi connectivity index (χ3v) is 3.95. The Morgan fingerprint density at radius 2 is 1.95 bits per heavy atom. The van der Waals surface area contributed by atoms with Crippen molar-refractivity contribution in [1.29, 1.82) is 0 Å². The van der Waals surface area contributed by atoms with E-state index in [-0.39, 0.29) is 12.5 Å². The molecule has 0 radical (unpaired) electrons. The quantitative estimate of drug-likeness (QED) is 0.837. The Kier molecular flexibility index (Phi) is 4.21. The minimum atomic E-state index is -0.212. The molecule has 0 unspecified atom stereocenters. The fourth-order valence-corrected chi connectivity index (χ4v) is 2.43. The highest BCUT2D eigenvalue weighted by atomic mass is 16.2. The van der Waals surface area contributed by atoms with Gasteiger partial charge in [0.25, 0.3) is 5.91 Å². The first kappa shape index (κ1) is 14.1. The van der Waals surface area contributed by atoms with E-state index in [4.69, 9.17) is 5.11 Å². The summed E-state index contributed by atoms with van der Waals surface area (Å²) in [6.07, 6.45) is 6.55. The highest BCUT2D eigenvalue weighted by molar-refractivity contribution is 5.94. The fourth-order valence-electron chi connectivity index (χ4n) is 2.43. The average Bonchev–Trinajstić information content (AvgIpc) is 3.39. The summed E-state index contributed by atoms with van der Waals surface area (Å²) >= 11 is 0. The Hall–Kier alpha value is -1.86. The van der Waals surface area contributed by atoms with Crippen molar-refractivity contribution in [3.05, 3.63) is 29.6 Å². The van der Waals surface area contributed by atoms with Gasteiger partial charge >= 0.3 is 0 Å². The van der Waals surface area contributed by atoms with E-state index in [0.717, 1.165) is 13.1 Å². The van der Waals surface area contributed by atoms with Gasteiger partial charge in [-0.1, -0.05) is 11.8 Å². The van der Waals surface area contributed by atoms with Gasteiger partial charge in [0.15, 0.2) is 0 Å². The highest BCUT2D eigenvalue weighted by Gasteiger charge is 2.32. The number of carbonyl (C=O) groups is 1. The van der Waals surface area contributed by atoms with Gasteiger partial charge in [-0.2, -0.15) is 0 Å². The molecule has 4 nitrogen and oxygen atoms in total. The van der Waals surface area contributed by atoms with Crippen molar-refractivity contribution in [1.82, 2.24) is 9.88 Å². The molecule has 0 saturated heterocycles. The van der Waals surface area contributed by atoms with E-state index in [2.05, 4.69) is 16.8 Å². The molecular formula is C17H20N2O2. The van der Waals surface area contributed by atoms with Crippen LogP contribution in [0, 0.1) is 23.7 Å². The third kappa shape index (κ3) is 3.83. The van der Waals surface area contributed by atoms with Crippen LogP contribution in [-0.4, -0.2) is 40.6 Å².